The van der Waals surface area contributed by atoms with Crippen LogP contribution in [0.4, 0.5) is 0 Å². The van der Waals surface area contributed by atoms with Crippen molar-refractivity contribution in [2.75, 3.05) is 13.2 Å². The first-order chi connectivity index (χ1) is 11.5. The van der Waals surface area contributed by atoms with E-state index in [1.807, 2.05) is 6.07 Å². The molecule has 1 aliphatic heterocycles. The first-order valence-electron chi connectivity index (χ1n) is 8.41. The minimum absolute atomic E-state index is 0.0348. The molecule has 2 unspecified atom stereocenters. The third kappa shape index (κ3) is 4.14. The van der Waals surface area contributed by atoms with Gasteiger partial charge in [0.25, 0.3) is 9.04 Å². The summed E-state index contributed by atoms with van der Waals surface area (Å²) in [6, 6.07) is 19.2. The van der Waals surface area contributed by atoms with Gasteiger partial charge in [-0.05, 0) is 21.4 Å². The molecule has 24 heavy (non-hydrogen) atoms. The lowest BCUT2D eigenvalue weighted by Crippen LogP contribution is -2.45. The Balaban J connectivity index is 1.79. The Labute approximate surface area is 146 Å². The first-order valence-corrected chi connectivity index (χ1v) is 9.82. The molecule has 0 spiro atoms. The maximum Gasteiger partial charge on any atom is 0.283 e. The molecule has 2 aromatic carbocycles. The lowest BCUT2D eigenvalue weighted by atomic mass is 9.87. The highest BCUT2D eigenvalue weighted by Gasteiger charge is 2.39. The molecule has 3 nitrogen and oxygen atoms in total. The second-order valence-electron chi connectivity index (χ2n) is 7.23. The van der Waals surface area contributed by atoms with Crippen molar-refractivity contribution < 1.29 is 14.3 Å². The minimum atomic E-state index is -1.31. The van der Waals surface area contributed by atoms with E-state index in [-0.39, 0.29) is 24.2 Å². The summed E-state index contributed by atoms with van der Waals surface area (Å²) in [5.41, 5.74) is 1.47. The predicted octanol–water partition coefficient (Wildman–Crippen LogP) is 1.87. The number of epoxide rings is 1. The lowest BCUT2D eigenvalue weighted by molar-refractivity contribution is 0.235. The summed E-state index contributed by atoms with van der Waals surface area (Å²) in [4.78, 5) is 0. The molecule has 2 aromatic rings. The molecule has 1 aliphatic rings. The third-order valence-corrected chi connectivity index (χ3v) is 6.48. The van der Waals surface area contributed by atoms with Crippen molar-refractivity contribution in [3.05, 3.63) is 60.2 Å². The summed E-state index contributed by atoms with van der Waals surface area (Å²) >= 11 is 0. The van der Waals surface area contributed by atoms with E-state index in [0.717, 1.165) is 0 Å². The van der Waals surface area contributed by atoms with Gasteiger partial charge in [0.15, 0.2) is 0 Å². The normalized spacial score (nSPS) is 20.4. The number of rotatable bonds is 6. The average molecular weight is 342 g/mol. The van der Waals surface area contributed by atoms with E-state index in [2.05, 4.69) is 69.3 Å². The fourth-order valence-corrected chi connectivity index (χ4v) is 4.66. The molecule has 3 rings (SSSR count). The van der Waals surface area contributed by atoms with Crippen molar-refractivity contribution >= 4 is 19.4 Å². The zero-order valence-electron chi connectivity index (χ0n) is 14.5. The van der Waals surface area contributed by atoms with Crippen LogP contribution in [0.3, 0.4) is 0 Å². The SMILES string of the molecule is CC(C)(C)c1ccc([Si](OCC2OC2CO)c2ccccc2)cc1. The molecule has 0 amide bonds. The van der Waals surface area contributed by atoms with Gasteiger partial charge in [-0.2, -0.15) is 0 Å². The van der Waals surface area contributed by atoms with Gasteiger partial charge in [0.05, 0.1) is 13.2 Å². The van der Waals surface area contributed by atoms with Crippen molar-refractivity contribution in [1.29, 1.82) is 0 Å². The topological polar surface area (TPSA) is 42.0 Å². The first kappa shape index (κ1) is 17.4. The second kappa shape index (κ2) is 7.19. The van der Waals surface area contributed by atoms with E-state index < -0.39 is 9.04 Å². The molecule has 2 atom stereocenters. The fourth-order valence-electron chi connectivity index (χ4n) is 2.70. The maximum atomic E-state index is 9.11. The largest absolute Gasteiger partial charge is 0.405 e. The van der Waals surface area contributed by atoms with E-state index >= 15 is 0 Å². The van der Waals surface area contributed by atoms with Crippen molar-refractivity contribution in [2.24, 2.45) is 0 Å². The molecule has 1 fully saturated rings. The van der Waals surface area contributed by atoms with E-state index in [9.17, 15) is 0 Å². The number of hydrogen-bond donors (Lipinski definition) is 1. The molecule has 127 valence electrons. The molecular weight excluding hydrogens is 316 g/mol. The predicted molar refractivity (Wildman–Crippen MR) is 98.3 cm³/mol. The molecule has 1 saturated heterocycles. The molecule has 1 heterocycles. The van der Waals surface area contributed by atoms with Gasteiger partial charge in [-0.3, -0.25) is 0 Å². The van der Waals surface area contributed by atoms with Crippen LogP contribution in [0.2, 0.25) is 0 Å². The molecule has 1 N–H and O–H groups in total. The van der Waals surface area contributed by atoms with E-state index in [1.54, 1.807) is 0 Å². The molecular formula is C20H25O3Si. The summed E-state index contributed by atoms with van der Waals surface area (Å²) in [7, 11) is -1.31. The molecule has 0 saturated carbocycles. The van der Waals surface area contributed by atoms with Crippen LogP contribution in [0.15, 0.2) is 54.6 Å². The van der Waals surface area contributed by atoms with Crippen LogP contribution >= 0.6 is 0 Å². The fraction of sp³-hybridized carbons (Fsp3) is 0.400. The summed E-state index contributed by atoms with van der Waals surface area (Å²) in [5, 5.41) is 11.6. The average Bonchev–Trinajstić information content (AvgIpc) is 3.34. The van der Waals surface area contributed by atoms with Gasteiger partial charge in [0.2, 0.25) is 0 Å². The lowest BCUT2D eigenvalue weighted by Gasteiger charge is -2.21. The van der Waals surface area contributed by atoms with Crippen molar-refractivity contribution in [1.82, 2.24) is 0 Å². The smallest absolute Gasteiger partial charge is 0.283 e. The Morgan fingerprint density at radius 2 is 1.58 bits per heavy atom. The van der Waals surface area contributed by atoms with Gasteiger partial charge in [-0.15, -0.1) is 0 Å². The Morgan fingerprint density at radius 3 is 2.12 bits per heavy atom. The third-order valence-electron chi connectivity index (χ3n) is 4.31. The molecule has 4 heteroatoms. The van der Waals surface area contributed by atoms with Crippen LogP contribution in [-0.4, -0.2) is 39.6 Å². The Hall–Kier alpha value is -1.46. The second-order valence-corrected chi connectivity index (χ2v) is 9.33. The standard InChI is InChI=1S/C20H25O3Si/c1-20(2,3)15-9-11-17(12-10-15)24(16-7-5-4-6-8-16)22-14-19-18(13-21)23-19/h4-12,18-19,21H,13-14H2,1-3H3. The molecule has 0 bridgehead atoms. The number of hydrogen-bond acceptors (Lipinski definition) is 3. The molecule has 0 aliphatic carbocycles. The highest BCUT2D eigenvalue weighted by molar-refractivity contribution is 6.80. The monoisotopic (exact) mass is 341 g/mol. The quantitative estimate of drug-likeness (QED) is 0.644. The number of aliphatic hydroxyl groups excluding tert-OH is 1. The van der Waals surface area contributed by atoms with Crippen LogP contribution in [0.1, 0.15) is 26.3 Å². The van der Waals surface area contributed by atoms with Crippen molar-refractivity contribution in [2.45, 2.75) is 38.4 Å². The van der Waals surface area contributed by atoms with Crippen LogP contribution in [0.5, 0.6) is 0 Å². The Morgan fingerprint density at radius 1 is 0.958 bits per heavy atom. The van der Waals surface area contributed by atoms with Gasteiger partial charge < -0.3 is 14.3 Å². The van der Waals surface area contributed by atoms with Gasteiger partial charge in [0, 0.05) is 0 Å². The number of ether oxygens (including phenoxy) is 1. The summed E-state index contributed by atoms with van der Waals surface area (Å²) in [6.07, 6.45) is -0.0140. The van der Waals surface area contributed by atoms with Crippen molar-refractivity contribution in [3.8, 4) is 0 Å². The number of benzene rings is 2. The van der Waals surface area contributed by atoms with E-state index in [4.69, 9.17) is 14.3 Å². The van der Waals surface area contributed by atoms with Gasteiger partial charge in [-0.25, -0.2) is 0 Å². The minimum Gasteiger partial charge on any atom is -0.405 e. The highest BCUT2D eigenvalue weighted by Crippen LogP contribution is 2.22. The van der Waals surface area contributed by atoms with Gasteiger partial charge >= 0.3 is 0 Å². The number of aliphatic hydroxyl groups is 1. The van der Waals surface area contributed by atoms with Gasteiger partial charge in [-0.1, -0.05) is 75.4 Å². The summed E-state index contributed by atoms with van der Waals surface area (Å²) in [5.74, 6) is 0. The van der Waals surface area contributed by atoms with Gasteiger partial charge in [0.1, 0.15) is 12.2 Å². The Kier molecular flexibility index (Phi) is 5.20. The van der Waals surface area contributed by atoms with E-state index in [0.29, 0.717) is 6.61 Å². The summed E-state index contributed by atoms with van der Waals surface area (Å²) in [6.45, 7) is 7.28. The summed E-state index contributed by atoms with van der Waals surface area (Å²) < 4.78 is 11.7. The van der Waals surface area contributed by atoms with Crippen LogP contribution in [0, 0.1) is 0 Å². The van der Waals surface area contributed by atoms with E-state index in [1.165, 1.54) is 15.9 Å². The van der Waals surface area contributed by atoms with Crippen molar-refractivity contribution in [3.63, 3.8) is 0 Å². The van der Waals surface area contributed by atoms with Crippen LogP contribution in [-0.2, 0) is 14.6 Å². The zero-order valence-corrected chi connectivity index (χ0v) is 15.5. The van der Waals surface area contributed by atoms with Crippen LogP contribution in [0.25, 0.3) is 0 Å². The Bertz CT molecular complexity index is 649. The highest BCUT2D eigenvalue weighted by atomic mass is 28.3. The maximum absolute atomic E-state index is 9.11. The molecule has 1 radical (unpaired) electrons. The molecule has 0 aromatic heterocycles. The zero-order chi connectivity index (χ0) is 17.2. The van der Waals surface area contributed by atoms with Crippen LogP contribution < -0.4 is 10.4 Å².